The molecule has 0 atom stereocenters. The number of carbonyl (C=O) groups is 1. The highest BCUT2D eigenvalue weighted by molar-refractivity contribution is 7.98. The van der Waals surface area contributed by atoms with Gasteiger partial charge in [0, 0.05) is 23.0 Å². The molecule has 4 rings (SSSR count). The molecule has 0 aliphatic rings. The van der Waals surface area contributed by atoms with E-state index in [0.29, 0.717) is 22.8 Å². The van der Waals surface area contributed by atoms with Gasteiger partial charge in [0.2, 0.25) is 0 Å². The van der Waals surface area contributed by atoms with E-state index in [1.54, 1.807) is 33.1 Å². The van der Waals surface area contributed by atoms with E-state index in [4.69, 9.17) is 0 Å². The minimum absolute atomic E-state index is 0.287. The fourth-order valence-electron chi connectivity index (χ4n) is 2.92. The van der Waals surface area contributed by atoms with Crippen molar-refractivity contribution in [2.45, 2.75) is 4.90 Å². The Morgan fingerprint density at radius 1 is 1.07 bits per heavy atom. The molecule has 0 spiro atoms. The molecule has 2 aromatic carbocycles. The summed E-state index contributed by atoms with van der Waals surface area (Å²) in [6.07, 6.45) is 7.11. The maximum atomic E-state index is 13.7. The predicted molar refractivity (Wildman–Crippen MR) is 109 cm³/mol. The number of aromatic nitrogens is 3. The summed E-state index contributed by atoms with van der Waals surface area (Å²) >= 11 is 1.60. The van der Waals surface area contributed by atoms with Crippen molar-refractivity contribution < 1.29 is 9.18 Å². The van der Waals surface area contributed by atoms with Crippen molar-refractivity contribution in [3.05, 3.63) is 90.6 Å². The summed E-state index contributed by atoms with van der Waals surface area (Å²) in [5.41, 5.74) is 1.62. The average molecular weight is 392 g/mol. The number of halogens is 1. The van der Waals surface area contributed by atoms with Crippen LogP contribution in [0.2, 0.25) is 0 Å². The van der Waals surface area contributed by atoms with E-state index in [0.717, 1.165) is 4.90 Å². The molecule has 0 radical (unpaired) electrons. The summed E-state index contributed by atoms with van der Waals surface area (Å²) in [6, 6.07) is 17.4. The summed E-state index contributed by atoms with van der Waals surface area (Å²) in [7, 11) is 0. The van der Waals surface area contributed by atoms with E-state index >= 15 is 0 Å². The summed E-state index contributed by atoms with van der Waals surface area (Å²) < 4.78 is 17.1. The zero-order chi connectivity index (χ0) is 19.5. The van der Waals surface area contributed by atoms with E-state index in [1.165, 1.54) is 18.3 Å². The second-order valence-corrected chi connectivity index (χ2v) is 6.93. The third-order valence-electron chi connectivity index (χ3n) is 4.22. The number of nitrogens with zero attached hydrogens (tertiary/aromatic N) is 3. The SMILES string of the molecule is CSc1cccc(NC(=O)c2cnn(-c3cccc(F)c3)c2-n2cccc2)c1. The molecule has 140 valence electrons. The monoisotopic (exact) mass is 392 g/mol. The van der Waals surface area contributed by atoms with Crippen LogP contribution in [0.4, 0.5) is 10.1 Å². The van der Waals surface area contributed by atoms with Gasteiger partial charge in [0.1, 0.15) is 11.4 Å². The molecule has 2 heterocycles. The van der Waals surface area contributed by atoms with Gasteiger partial charge < -0.3 is 9.88 Å². The Kier molecular flexibility index (Phi) is 4.99. The first-order valence-corrected chi connectivity index (χ1v) is 9.81. The number of anilines is 1. The summed E-state index contributed by atoms with van der Waals surface area (Å²) in [4.78, 5) is 14.0. The third kappa shape index (κ3) is 3.57. The molecule has 7 heteroatoms. The Morgan fingerprint density at radius 3 is 2.61 bits per heavy atom. The highest BCUT2D eigenvalue weighted by atomic mass is 32.2. The van der Waals surface area contributed by atoms with Crippen LogP contribution in [0.5, 0.6) is 0 Å². The number of carbonyl (C=O) groups excluding carboxylic acids is 1. The Morgan fingerprint density at radius 2 is 1.86 bits per heavy atom. The second-order valence-electron chi connectivity index (χ2n) is 6.05. The van der Waals surface area contributed by atoms with Crippen LogP contribution in [0.25, 0.3) is 11.5 Å². The smallest absolute Gasteiger partial charge is 0.261 e. The van der Waals surface area contributed by atoms with Gasteiger partial charge in [0.05, 0.1) is 11.9 Å². The van der Waals surface area contributed by atoms with Gasteiger partial charge in [-0.2, -0.15) is 5.10 Å². The van der Waals surface area contributed by atoms with Gasteiger partial charge in [-0.05, 0) is 54.8 Å². The molecule has 4 aromatic rings. The van der Waals surface area contributed by atoms with E-state index in [9.17, 15) is 9.18 Å². The van der Waals surface area contributed by atoms with Crippen molar-refractivity contribution >= 4 is 23.4 Å². The standard InChI is InChI=1S/C21H17FN4OS/c1-28-18-9-5-7-16(13-18)24-20(27)19-14-23-26(17-8-4-6-15(22)12-17)21(19)25-10-2-3-11-25/h2-14H,1H3,(H,24,27). The molecule has 0 aliphatic carbocycles. The van der Waals surface area contributed by atoms with Crippen molar-refractivity contribution in [3.8, 4) is 11.5 Å². The molecule has 0 saturated carbocycles. The van der Waals surface area contributed by atoms with Crippen LogP contribution in [0, 0.1) is 5.82 Å². The Bertz CT molecular complexity index is 1120. The van der Waals surface area contributed by atoms with Crippen LogP contribution in [-0.2, 0) is 0 Å². The van der Waals surface area contributed by atoms with Gasteiger partial charge in [-0.1, -0.05) is 12.1 Å². The van der Waals surface area contributed by atoms with E-state index < -0.39 is 0 Å². The highest BCUT2D eigenvalue weighted by Crippen LogP contribution is 2.23. The molecule has 1 N–H and O–H groups in total. The maximum Gasteiger partial charge on any atom is 0.261 e. The van der Waals surface area contributed by atoms with Crippen molar-refractivity contribution in [1.29, 1.82) is 0 Å². The van der Waals surface area contributed by atoms with Gasteiger partial charge >= 0.3 is 0 Å². The normalized spacial score (nSPS) is 10.8. The van der Waals surface area contributed by atoms with E-state index in [-0.39, 0.29) is 11.7 Å². The highest BCUT2D eigenvalue weighted by Gasteiger charge is 2.20. The number of hydrogen-bond donors (Lipinski definition) is 1. The van der Waals surface area contributed by atoms with Crippen LogP contribution in [0.15, 0.2) is 84.1 Å². The minimum atomic E-state index is -0.369. The number of rotatable bonds is 5. The number of hydrogen-bond acceptors (Lipinski definition) is 3. The summed E-state index contributed by atoms with van der Waals surface area (Å²) in [5, 5.41) is 7.26. The predicted octanol–water partition coefficient (Wildman–Crippen LogP) is 4.78. The molecular weight excluding hydrogens is 375 g/mol. The van der Waals surface area contributed by atoms with Crippen molar-refractivity contribution in [2.75, 3.05) is 11.6 Å². The molecule has 0 aliphatic heterocycles. The molecule has 0 bridgehead atoms. The van der Waals surface area contributed by atoms with Crippen molar-refractivity contribution in [3.63, 3.8) is 0 Å². The Balaban J connectivity index is 1.75. The fraction of sp³-hybridized carbons (Fsp3) is 0.0476. The van der Waals surface area contributed by atoms with Crippen LogP contribution in [-0.4, -0.2) is 26.5 Å². The van der Waals surface area contributed by atoms with Crippen LogP contribution < -0.4 is 5.32 Å². The number of amides is 1. The summed E-state index contributed by atoms with van der Waals surface area (Å²) in [6.45, 7) is 0. The lowest BCUT2D eigenvalue weighted by atomic mass is 10.2. The maximum absolute atomic E-state index is 13.7. The molecular formula is C21H17FN4OS. The first kappa shape index (κ1) is 18.1. The number of benzene rings is 2. The second kappa shape index (κ2) is 7.74. The van der Waals surface area contributed by atoms with E-state index in [2.05, 4.69) is 10.4 Å². The van der Waals surface area contributed by atoms with Crippen LogP contribution in [0.1, 0.15) is 10.4 Å². The summed E-state index contributed by atoms with van der Waals surface area (Å²) in [5.74, 6) is -0.120. The van der Waals surface area contributed by atoms with Crippen molar-refractivity contribution in [1.82, 2.24) is 14.3 Å². The Labute approximate surface area is 165 Å². The van der Waals surface area contributed by atoms with Gasteiger partial charge in [0.15, 0.2) is 5.82 Å². The van der Waals surface area contributed by atoms with E-state index in [1.807, 2.05) is 55.0 Å². The quantitative estimate of drug-likeness (QED) is 0.498. The zero-order valence-electron chi connectivity index (χ0n) is 15.0. The lowest BCUT2D eigenvalue weighted by molar-refractivity contribution is 0.102. The number of thioether (sulfide) groups is 1. The van der Waals surface area contributed by atoms with Crippen molar-refractivity contribution in [2.24, 2.45) is 0 Å². The average Bonchev–Trinajstić information content (AvgIpc) is 3.37. The third-order valence-corrected chi connectivity index (χ3v) is 4.94. The van der Waals surface area contributed by atoms with Gasteiger partial charge in [-0.25, -0.2) is 9.07 Å². The number of nitrogens with one attached hydrogen (secondary N) is 1. The minimum Gasteiger partial charge on any atom is -0.322 e. The molecule has 5 nitrogen and oxygen atoms in total. The lowest BCUT2D eigenvalue weighted by Gasteiger charge is -2.11. The molecule has 0 unspecified atom stereocenters. The van der Waals surface area contributed by atoms with Crippen LogP contribution >= 0.6 is 11.8 Å². The molecule has 0 saturated heterocycles. The first-order chi connectivity index (χ1) is 13.7. The lowest BCUT2D eigenvalue weighted by Crippen LogP contribution is -2.15. The largest absolute Gasteiger partial charge is 0.322 e. The first-order valence-electron chi connectivity index (χ1n) is 8.58. The van der Waals surface area contributed by atoms with Gasteiger partial charge in [-0.15, -0.1) is 11.8 Å². The Hall–Kier alpha value is -3.32. The fourth-order valence-corrected chi connectivity index (χ4v) is 3.38. The van der Waals surface area contributed by atoms with Gasteiger partial charge in [-0.3, -0.25) is 4.79 Å². The van der Waals surface area contributed by atoms with Gasteiger partial charge in [0.25, 0.3) is 5.91 Å². The molecule has 1 amide bonds. The molecule has 0 fully saturated rings. The van der Waals surface area contributed by atoms with Crippen LogP contribution in [0.3, 0.4) is 0 Å². The zero-order valence-corrected chi connectivity index (χ0v) is 15.9. The molecule has 2 aromatic heterocycles. The topological polar surface area (TPSA) is 51.9 Å². The molecule has 28 heavy (non-hydrogen) atoms.